The lowest BCUT2D eigenvalue weighted by molar-refractivity contribution is 0.0101. The SMILES string of the molecule is Cc1ccc(Cl)cc1OCC1OCCc2ccccc21. The van der Waals surface area contributed by atoms with E-state index in [4.69, 9.17) is 21.1 Å². The van der Waals surface area contributed by atoms with Gasteiger partial charge in [-0.05, 0) is 42.2 Å². The average molecular weight is 289 g/mol. The molecule has 0 saturated heterocycles. The smallest absolute Gasteiger partial charge is 0.123 e. The van der Waals surface area contributed by atoms with E-state index in [9.17, 15) is 0 Å². The highest BCUT2D eigenvalue weighted by Gasteiger charge is 2.21. The maximum Gasteiger partial charge on any atom is 0.123 e. The molecule has 0 amide bonds. The minimum absolute atomic E-state index is 0.00154. The Morgan fingerprint density at radius 1 is 1.25 bits per heavy atom. The maximum absolute atomic E-state index is 6.01. The zero-order chi connectivity index (χ0) is 13.9. The number of benzene rings is 2. The van der Waals surface area contributed by atoms with Crippen molar-refractivity contribution >= 4 is 11.6 Å². The Labute approximate surface area is 124 Å². The molecule has 1 atom stereocenters. The van der Waals surface area contributed by atoms with Crippen LogP contribution in [-0.2, 0) is 11.2 Å². The molecule has 0 N–H and O–H groups in total. The monoisotopic (exact) mass is 288 g/mol. The first-order valence-electron chi connectivity index (χ1n) is 6.82. The number of hydrogen-bond donors (Lipinski definition) is 0. The van der Waals surface area contributed by atoms with Crippen molar-refractivity contribution in [2.75, 3.05) is 13.2 Å². The minimum atomic E-state index is -0.00154. The van der Waals surface area contributed by atoms with Crippen molar-refractivity contribution in [1.29, 1.82) is 0 Å². The van der Waals surface area contributed by atoms with E-state index >= 15 is 0 Å². The fourth-order valence-corrected chi connectivity index (χ4v) is 2.67. The van der Waals surface area contributed by atoms with E-state index < -0.39 is 0 Å². The van der Waals surface area contributed by atoms with Crippen molar-refractivity contribution in [2.45, 2.75) is 19.4 Å². The molecule has 0 spiro atoms. The van der Waals surface area contributed by atoms with Crippen LogP contribution in [0.1, 0.15) is 22.8 Å². The summed E-state index contributed by atoms with van der Waals surface area (Å²) in [6.45, 7) is 3.28. The quantitative estimate of drug-likeness (QED) is 0.836. The van der Waals surface area contributed by atoms with Crippen LogP contribution in [0.5, 0.6) is 5.75 Å². The van der Waals surface area contributed by atoms with Crippen LogP contribution in [-0.4, -0.2) is 13.2 Å². The third kappa shape index (κ3) is 2.82. The van der Waals surface area contributed by atoms with Gasteiger partial charge in [0.25, 0.3) is 0 Å². The van der Waals surface area contributed by atoms with Crippen molar-refractivity contribution in [2.24, 2.45) is 0 Å². The van der Waals surface area contributed by atoms with Gasteiger partial charge >= 0.3 is 0 Å². The highest BCUT2D eigenvalue weighted by Crippen LogP contribution is 2.29. The molecule has 0 fully saturated rings. The van der Waals surface area contributed by atoms with E-state index in [-0.39, 0.29) is 6.10 Å². The van der Waals surface area contributed by atoms with Crippen molar-refractivity contribution in [1.82, 2.24) is 0 Å². The molecule has 3 heteroatoms. The van der Waals surface area contributed by atoms with Crippen LogP contribution < -0.4 is 4.74 Å². The number of ether oxygens (including phenoxy) is 2. The van der Waals surface area contributed by atoms with Crippen LogP contribution in [0.15, 0.2) is 42.5 Å². The number of aryl methyl sites for hydroxylation is 1. The minimum Gasteiger partial charge on any atom is -0.490 e. The molecule has 0 aliphatic carbocycles. The first-order chi connectivity index (χ1) is 9.74. The second kappa shape index (κ2) is 5.86. The molecule has 0 aromatic heterocycles. The predicted molar refractivity (Wildman–Crippen MR) is 80.5 cm³/mol. The van der Waals surface area contributed by atoms with E-state index in [1.165, 1.54) is 11.1 Å². The Bertz CT molecular complexity index is 610. The average Bonchev–Trinajstić information content (AvgIpc) is 2.48. The molecule has 104 valence electrons. The summed E-state index contributed by atoms with van der Waals surface area (Å²) in [4.78, 5) is 0. The summed E-state index contributed by atoms with van der Waals surface area (Å²) in [5.74, 6) is 0.823. The standard InChI is InChI=1S/C17H17ClO2/c1-12-6-7-14(18)10-16(12)20-11-17-15-5-3-2-4-13(15)8-9-19-17/h2-7,10,17H,8-9,11H2,1H3. The van der Waals surface area contributed by atoms with Crippen LogP contribution >= 0.6 is 11.6 Å². The van der Waals surface area contributed by atoms with Gasteiger partial charge in [0.1, 0.15) is 18.5 Å². The summed E-state index contributed by atoms with van der Waals surface area (Å²) >= 11 is 6.01. The van der Waals surface area contributed by atoms with Crippen molar-refractivity contribution in [3.63, 3.8) is 0 Å². The molecule has 2 aromatic rings. The maximum atomic E-state index is 6.01. The highest BCUT2D eigenvalue weighted by atomic mass is 35.5. The Hall–Kier alpha value is -1.51. The van der Waals surface area contributed by atoms with Gasteiger partial charge in [-0.1, -0.05) is 41.9 Å². The number of fused-ring (bicyclic) bond motifs is 1. The summed E-state index contributed by atoms with van der Waals surface area (Å²) in [6.07, 6.45) is 0.974. The summed E-state index contributed by atoms with van der Waals surface area (Å²) < 4.78 is 11.7. The highest BCUT2D eigenvalue weighted by molar-refractivity contribution is 6.30. The van der Waals surface area contributed by atoms with Crippen LogP contribution in [0.25, 0.3) is 0 Å². The van der Waals surface area contributed by atoms with E-state index in [0.717, 1.165) is 24.3 Å². The van der Waals surface area contributed by atoms with Gasteiger partial charge in [-0.2, -0.15) is 0 Å². The summed E-state index contributed by atoms with van der Waals surface area (Å²) in [6, 6.07) is 14.1. The molecular formula is C17H17ClO2. The first kappa shape index (κ1) is 13.5. The van der Waals surface area contributed by atoms with Gasteiger partial charge < -0.3 is 9.47 Å². The molecule has 0 bridgehead atoms. The molecule has 20 heavy (non-hydrogen) atoms. The fraction of sp³-hybridized carbons (Fsp3) is 0.294. The lowest BCUT2D eigenvalue weighted by Gasteiger charge is -2.26. The van der Waals surface area contributed by atoms with Crippen LogP contribution in [0, 0.1) is 6.92 Å². The van der Waals surface area contributed by atoms with Gasteiger partial charge in [-0.3, -0.25) is 0 Å². The van der Waals surface area contributed by atoms with Crippen LogP contribution in [0.2, 0.25) is 5.02 Å². The third-order valence-electron chi connectivity index (χ3n) is 3.63. The zero-order valence-corrected chi connectivity index (χ0v) is 12.2. The normalized spacial score (nSPS) is 17.6. The van der Waals surface area contributed by atoms with Crippen LogP contribution in [0.3, 0.4) is 0 Å². The molecule has 0 saturated carbocycles. The lowest BCUT2D eigenvalue weighted by atomic mass is 9.98. The topological polar surface area (TPSA) is 18.5 Å². The molecule has 1 heterocycles. The number of rotatable bonds is 3. The van der Waals surface area contributed by atoms with Crippen LogP contribution in [0.4, 0.5) is 0 Å². The Kier molecular flexibility index (Phi) is 3.95. The zero-order valence-electron chi connectivity index (χ0n) is 11.4. The molecule has 1 unspecified atom stereocenters. The van der Waals surface area contributed by atoms with Crippen molar-refractivity contribution < 1.29 is 9.47 Å². The number of hydrogen-bond acceptors (Lipinski definition) is 2. The van der Waals surface area contributed by atoms with Gasteiger partial charge in [0.05, 0.1) is 6.61 Å². The summed E-state index contributed by atoms with van der Waals surface area (Å²) in [7, 11) is 0. The summed E-state index contributed by atoms with van der Waals surface area (Å²) in [5, 5.41) is 0.690. The third-order valence-corrected chi connectivity index (χ3v) is 3.87. The van der Waals surface area contributed by atoms with E-state index in [1.54, 1.807) is 0 Å². The summed E-state index contributed by atoms with van der Waals surface area (Å²) in [5.41, 5.74) is 3.67. The van der Waals surface area contributed by atoms with Gasteiger partial charge in [0.2, 0.25) is 0 Å². The first-order valence-corrected chi connectivity index (χ1v) is 7.20. The fourth-order valence-electron chi connectivity index (χ4n) is 2.51. The second-order valence-corrected chi connectivity index (χ2v) is 5.47. The molecule has 1 aliphatic rings. The lowest BCUT2D eigenvalue weighted by Crippen LogP contribution is -2.21. The van der Waals surface area contributed by atoms with Gasteiger partial charge in [0.15, 0.2) is 0 Å². The van der Waals surface area contributed by atoms with Gasteiger partial charge in [-0.25, -0.2) is 0 Å². The van der Waals surface area contributed by atoms with E-state index in [1.807, 2.05) is 31.2 Å². The van der Waals surface area contributed by atoms with Gasteiger partial charge in [0, 0.05) is 5.02 Å². The molecule has 2 nitrogen and oxygen atoms in total. The molecule has 1 aliphatic heterocycles. The Morgan fingerprint density at radius 2 is 2.10 bits per heavy atom. The molecule has 2 aromatic carbocycles. The molecule has 0 radical (unpaired) electrons. The van der Waals surface area contributed by atoms with Crippen molar-refractivity contribution in [3.8, 4) is 5.75 Å². The second-order valence-electron chi connectivity index (χ2n) is 5.03. The number of halogens is 1. The molecular weight excluding hydrogens is 272 g/mol. The van der Waals surface area contributed by atoms with E-state index in [2.05, 4.69) is 18.2 Å². The Balaban J connectivity index is 1.75. The predicted octanol–water partition coefficient (Wildman–Crippen LogP) is 4.34. The largest absolute Gasteiger partial charge is 0.490 e. The van der Waals surface area contributed by atoms with Gasteiger partial charge in [-0.15, -0.1) is 0 Å². The Morgan fingerprint density at radius 3 is 3.00 bits per heavy atom. The van der Waals surface area contributed by atoms with Crippen molar-refractivity contribution in [3.05, 3.63) is 64.2 Å². The van der Waals surface area contributed by atoms with E-state index in [0.29, 0.717) is 11.6 Å². The molecule has 3 rings (SSSR count).